The van der Waals surface area contributed by atoms with Gasteiger partial charge in [-0.25, -0.2) is 0 Å². The molecule has 0 bridgehead atoms. The molecule has 2 atom stereocenters. The van der Waals surface area contributed by atoms with Gasteiger partial charge in [0, 0.05) is 15.8 Å². The highest BCUT2D eigenvalue weighted by Gasteiger charge is 2.31. The molecule has 2 unspecified atom stereocenters. The van der Waals surface area contributed by atoms with Crippen LogP contribution in [0, 0.1) is 5.92 Å². The summed E-state index contributed by atoms with van der Waals surface area (Å²) in [6.07, 6.45) is 3.58. The maximum Gasteiger partial charge on any atom is 0.0357 e. The van der Waals surface area contributed by atoms with E-state index in [9.17, 15) is 0 Å². The third-order valence-electron chi connectivity index (χ3n) is 4.30. The van der Waals surface area contributed by atoms with Gasteiger partial charge < -0.3 is 5.32 Å². The summed E-state index contributed by atoms with van der Waals surface area (Å²) in [7, 11) is 0. The van der Waals surface area contributed by atoms with E-state index >= 15 is 0 Å². The van der Waals surface area contributed by atoms with Crippen LogP contribution in [-0.4, -0.2) is 6.54 Å². The number of aryl methyl sites for hydroxylation is 1. The van der Waals surface area contributed by atoms with Gasteiger partial charge in [-0.3, -0.25) is 0 Å². The van der Waals surface area contributed by atoms with Gasteiger partial charge in [0.2, 0.25) is 0 Å². The summed E-state index contributed by atoms with van der Waals surface area (Å²) in [6, 6.07) is 14.1. The minimum atomic E-state index is 0.531. The van der Waals surface area contributed by atoms with Gasteiger partial charge >= 0.3 is 0 Å². The molecule has 1 N–H and O–H groups in total. The molecule has 0 saturated carbocycles. The Kier molecular flexibility index (Phi) is 4.23. The number of rotatable bonds is 5. The molecule has 1 aromatic heterocycles. The molecule has 1 nitrogen and oxygen atoms in total. The number of benzene rings is 1. The van der Waals surface area contributed by atoms with Crippen LogP contribution in [-0.2, 0) is 19.3 Å². The molecule has 0 spiro atoms. The van der Waals surface area contributed by atoms with Gasteiger partial charge in [-0.15, -0.1) is 11.3 Å². The van der Waals surface area contributed by atoms with Crippen molar-refractivity contribution in [3.05, 3.63) is 57.3 Å². The first-order chi connectivity index (χ1) is 9.81. The Labute approximate surface area is 126 Å². The molecule has 20 heavy (non-hydrogen) atoms. The van der Waals surface area contributed by atoms with E-state index in [1.807, 2.05) is 11.3 Å². The quantitative estimate of drug-likeness (QED) is 0.860. The molecule has 3 rings (SSSR count). The monoisotopic (exact) mass is 285 g/mol. The summed E-state index contributed by atoms with van der Waals surface area (Å²) in [4.78, 5) is 3.05. The van der Waals surface area contributed by atoms with Crippen LogP contribution in [0.5, 0.6) is 0 Å². The van der Waals surface area contributed by atoms with Gasteiger partial charge in [-0.05, 0) is 55.0 Å². The fraction of sp³-hybridized carbons (Fsp3) is 0.444. The Morgan fingerprint density at radius 2 is 1.90 bits per heavy atom. The summed E-state index contributed by atoms with van der Waals surface area (Å²) < 4.78 is 0. The number of hydrogen-bond donors (Lipinski definition) is 1. The Bertz CT molecular complexity index is 572. The van der Waals surface area contributed by atoms with Crippen LogP contribution in [0.4, 0.5) is 0 Å². The lowest BCUT2D eigenvalue weighted by molar-refractivity contribution is 0.396. The molecule has 1 aromatic carbocycles. The number of thiophene rings is 1. The second-order valence-corrected chi connectivity index (χ2v) is 6.88. The fourth-order valence-electron chi connectivity index (χ4n) is 3.34. The van der Waals surface area contributed by atoms with Crippen LogP contribution in [0.3, 0.4) is 0 Å². The Balaban J connectivity index is 1.79. The van der Waals surface area contributed by atoms with Crippen molar-refractivity contribution in [2.45, 2.75) is 39.2 Å². The smallest absolute Gasteiger partial charge is 0.0357 e. The van der Waals surface area contributed by atoms with Crippen LogP contribution in [0.15, 0.2) is 36.4 Å². The predicted octanol–water partition coefficient (Wildman–Crippen LogP) is 4.38. The van der Waals surface area contributed by atoms with E-state index in [0.29, 0.717) is 12.0 Å². The van der Waals surface area contributed by atoms with Crippen molar-refractivity contribution in [3.63, 3.8) is 0 Å². The highest BCUT2D eigenvalue weighted by Crippen LogP contribution is 2.38. The number of hydrogen-bond acceptors (Lipinski definition) is 2. The molecule has 0 aliphatic heterocycles. The summed E-state index contributed by atoms with van der Waals surface area (Å²) in [6.45, 7) is 5.49. The molecule has 106 valence electrons. The maximum atomic E-state index is 3.70. The normalized spacial score (nSPS) is 21.1. The van der Waals surface area contributed by atoms with Crippen molar-refractivity contribution in [1.82, 2.24) is 5.32 Å². The van der Waals surface area contributed by atoms with Gasteiger partial charge in [-0.2, -0.15) is 0 Å². The van der Waals surface area contributed by atoms with Gasteiger partial charge in [0.25, 0.3) is 0 Å². The van der Waals surface area contributed by atoms with E-state index in [-0.39, 0.29) is 0 Å². The van der Waals surface area contributed by atoms with Gasteiger partial charge in [0.05, 0.1) is 0 Å². The largest absolute Gasteiger partial charge is 0.310 e. The predicted molar refractivity (Wildman–Crippen MR) is 87.5 cm³/mol. The first kappa shape index (κ1) is 13.8. The lowest BCUT2D eigenvalue weighted by atomic mass is 9.96. The molecule has 0 saturated heterocycles. The van der Waals surface area contributed by atoms with E-state index < -0.39 is 0 Å². The highest BCUT2D eigenvalue weighted by molar-refractivity contribution is 7.11. The van der Waals surface area contributed by atoms with Crippen LogP contribution >= 0.6 is 11.3 Å². The summed E-state index contributed by atoms with van der Waals surface area (Å²) in [5, 5.41) is 3.70. The van der Waals surface area contributed by atoms with E-state index in [2.05, 4.69) is 55.6 Å². The topological polar surface area (TPSA) is 12.0 Å². The molecule has 0 fully saturated rings. The SMILES string of the molecule is CCNC1c2ccccc2CC1Cc1ccc(CC)s1. The lowest BCUT2D eigenvalue weighted by Gasteiger charge is -2.21. The maximum absolute atomic E-state index is 3.70. The van der Waals surface area contributed by atoms with E-state index in [1.165, 1.54) is 28.8 Å². The highest BCUT2D eigenvalue weighted by atomic mass is 32.1. The molecular weight excluding hydrogens is 262 g/mol. The molecule has 1 aliphatic rings. The zero-order chi connectivity index (χ0) is 13.9. The average molecular weight is 285 g/mol. The van der Waals surface area contributed by atoms with Crippen molar-refractivity contribution in [2.24, 2.45) is 5.92 Å². The molecule has 2 aromatic rings. The minimum Gasteiger partial charge on any atom is -0.310 e. The zero-order valence-electron chi connectivity index (χ0n) is 12.4. The summed E-state index contributed by atoms with van der Waals surface area (Å²) >= 11 is 1.99. The fourth-order valence-corrected chi connectivity index (χ4v) is 4.40. The van der Waals surface area contributed by atoms with E-state index in [4.69, 9.17) is 0 Å². The average Bonchev–Trinajstić information content (AvgIpc) is 3.05. The number of nitrogens with one attached hydrogen (secondary N) is 1. The van der Waals surface area contributed by atoms with Crippen molar-refractivity contribution in [3.8, 4) is 0 Å². The standard InChI is InChI=1S/C18H23NS/c1-3-15-9-10-16(20-15)12-14-11-13-7-5-6-8-17(13)18(14)19-4-2/h5-10,14,18-19H,3-4,11-12H2,1-2H3. The van der Waals surface area contributed by atoms with Crippen LogP contribution in [0.1, 0.15) is 40.8 Å². The Hall–Kier alpha value is -1.12. The Morgan fingerprint density at radius 3 is 2.65 bits per heavy atom. The first-order valence-electron chi connectivity index (χ1n) is 7.70. The van der Waals surface area contributed by atoms with Crippen LogP contribution in [0.2, 0.25) is 0 Å². The molecule has 1 aliphatic carbocycles. The summed E-state index contributed by atoms with van der Waals surface area (Å²) in [5.41, 5.74) is 3.06. The van der Waals surface area contributed by atoms with Crippen molar-refractivity contribution in [1.29, 1.82) is 0 Å². The third kappa shape index (κ3) is 2.68. The lowest BCUT2D eigenvalue weighted by Crippen LogP contribution is -2.26. The number of fused-ring (bicyclic) bond motifs is 1. The van der Waals surface area contributed by atoms with E-state index in [1.54, 1.807) is 4.88 Å². The molecule has 2 heteroatoms. The summed E-state index contributed by atoms with van der Waals surface area (Å²) in [5.74, 6) is 0.704. The van der Waals surface area contributed by atoms with Crippen molar-refractivity contribution >= 4 is 11.3 Å². The third-order valence-corrected chi connectivity index (χ3v) is 5.55. The van der Waals surface area contributed by atoms with Crippen LogP contribution in [0.25, 0.3) is 0 Å². The van der Waals surface area contributed by atoms with Crippen molar-refractivity contribution in [2.75, 3.05) is 6.54 Å². The van der Waals surface area contributed by atoms with Crippen LogP contribution < -0.4 is 5.32 Å². The zero-order valence-corrected chi connectivity index (χ0v) is 13.2. The molecule has 1 heterocycles. The molecule has 0 radical (unpaired) electrons. The second-order valence-electron chi connectivity index (χ2n) is 5.62. The first-order valence-corrected chi connectivity index (χ1v) is 8.52. The van der Waals surface area contributed by atoms with Gasteiger partial charge in [-0.1, -0.05) is 38.1 Å². The second kappa shape index (κ2) is 6.11. The van der Waals surface area contributed by atoms with Gasteiger partial charge in [0.1, 0.15) is 0 Å². The molecular formula is C18H23NS. The van der Waals surface area contributed by atoms with E-state index in [0.717, 1.165) is 13.0 Å². The Morgan fingerprint density at radius 1 is 1.10 bits per heavy atom. The van der Waals surface area contributed by atoms with Crippen molar-refractivity contribution < 1.29 is 0 Å². The van der Waals surface area contributed by atoms with Gasteiger partial charge in [0.15, 0.2) is 0 Å². The minimum absolute atomic E-state index is 0.531. The molecule has 0 amide bonds.